The molecule has 2 aromatic heterocycles. The lowest BCUT2D eigenvalue weighted by Gasteiger charge is -2.09. The van der Waals surface area contributed by atoms with Crippen molar-refractivity contribution in [2.75, 3.05) is 5.73 Å². The summed E-state index contributed by atoms with van der Waals surface area (Å²) in [5.74, 6) is 0.373. The number of hydrogen-bond donors (Lipinski definition) is 1. The van der Waals surface area contributed by atoms with Crippen molar-refractivity contribution in [1.29, 1.82) is 0 Å². The topological polar surface area (TPSA) is 51.8 Å². The molecule has 2 aromatic rings. The lowest BCUT2D eigenvalue weighted by molar-refractivity contribution is 0.716. The number of rotatable bonds is 3. The molecule has 82 valence electrons. The van der Waals surface area contributed by atoms with Crippen LogP contribution in [0.1, 0.15) is 24.2 Å². The highest BCUT2D eigenvalue weighted by Gasteiger charge is 2.07. The van der Waals surface area contributed by atoms with Gasteiger partial charge in [-0.1, -0.05) is 13.0 Å². The van der Waals surface area contributed by atoms with Gasteiger partial charge >= 0.3 is 0 Å². The zero-order chi connectivity index (χ0) is 11.4. The Bertz CT molecular complexity index is 436. The Morgan fingerprint density at radius 3 is 2.69 bits per heavy atom. The highest BCUT2D eigenvalue weighted by atomic mass is 14.7. The van der Waals surface area contributed by atoms with E-state index >= 15 is 0 Å². The summed E-state index contributed by atoms with van der Waals surface area (Å²) >= 11 is 0. The van der Waals surface area contributed by atoms with Gasteiger partial charge in [0.05, 0.1) is 11.9 Å². The number of aromatic nitrogens is 2. The first-order chi connectivity index (χ1) is 7.75. The van der Waals surface area contributed by atoms with Crippen LogP contribution < -0.4 is 5.73 Å². The van der Waals surface area contributed by atoms with Crippen molar-refractivity contribution in [3.63, 3.8) is 0 Å². The summed E-state index contributed by atoms with van der Waals surface area (Å²) in [6.07, 6.45) is 4.40. The molecule has 1 unspecified atom stereocenters. The molecule has 0 aliphatic heterocycles. The van der Waals surface area contributed by atoms with E-state index in [4.69, 9.17) is 5.73 Å². The number of nitrogen functional groups attached to an aromatic ring is 1. The fraction of sp³-hybridized carbons (Fsp3) is 0.231. The molecule has 0 aromatic carbocycles. The van der Waals surface area contributed by atoms with Gasteiger partial charge in [0.15, 0.2) is 0 Å². The zero-order valence-corrected chi connectivity index (χ0v) is 9.30. The molecule has 2 rings (SSSR count). The van der Waals surface area contributed by atoms with Gasteiger partial charge in [0, 0.05) is 23.5 Å². The van der Waals surface area contributed by atoms with Gasteiger partial charge < -0.3 is 5.73 Å². The SMILES string of the molecule is CC(Cc1ccc(N)cn1)c1ccccn1. The Hall–Kier alpha value is -1.90. The molecule has 2 N–H and O–H groups in total. The standard InChI is InChI=1S/C13H15N3/c1-10(13-4-2-3-7-15-13)8-12-6-5-11(14)9-16-12/h2-7,9-10H,8,14H2,1H3. The predicted molar refractivity (Wildman–Crippen MR) is 65.0 cm³/mol. The van der Waals surface area contributed by atoms with Gasteiger partial charge in [0.25, 0.3) is 0 Å². The Labute approximate surface area is 95.4 Å². The van der Waals surface area contributed by atoms with Crippen LogP contribution in [-0.2, 0) is 6.42 Å². The minimum Gasteiger partial charge on any atom is -0.397 e. The number of pyridine rings is 2. The zero-order valence-electron chi connectivity index (χ0n) is 9.30. The molecule has 0 amide bonds. The van der Waals surface area contributed by atoms with Crippen molar-refractivity contribution in [2.45, 2.75) is 19.3 Å². The molecule has 0 bridgehead atoms. The monoisotopic (exact) mass is 213 g/mol. The van der Waals surface area contributed by atoms with E-state index in [-0.39, 0.29) is 0 Å². The predicted octanol–water partition coefficient (Wildman–Crippen LogP) is 2.41. The number of hydrogen-bond acceptors (Lipinski definition) is 3. The molecule has 0 aliphatic carbocycles. The summed E-state index contributed by atoms with van der Waals surface area (Å²) in [5.41, 5.74) is 8.44. The van der Waals surface area contributed by atoms with E-state index < -0.39 is 0 Å². The highest BCUT2D eigenvalue weighted by molar-refractivity contribution is 5.34. The van der Waals surface area contributed by atoms with Gasteiger partial charge in [-0.3, -0.25) is 9.97 Å². The minimum absolute atomic E-state index is 0.373. The molecular weight excluding hydrogens is 198 g/mol. The Balaban J connectivity index is 2.08. The van der Waals surface area contributed by atoms with Gasteiger partial charge in [-0.2, -0.15) is 0 Å². The molecular formula is C13H15N3. The maximum absolute atomic E-state index is 5.59. The van der Waals surface area contributed by atoms with Crippen molar-refractivity contribution in [3.05, 3.63) is 54.1 Å². The van der Waals surface area contributed by atoms with Gasteiger partial charge in [-0.25, -0.2) is 0 Å². The van der Waals surface area contributed by atoms with Crippen LogP contribution in [0, 0.1) is 0 Å². The molecule has 3 heteroatoms. The second-order valence-electron chi connectivity index (χ2n) is 3.94. The summed E-state index contributed by atoms with van der Waals surface area (Å²) in [7, 11) is 0. The highest BCUT2D eigenvalue weighted by Crippen LogP contribution is 2.17. The van der Waals surface area contributed by atoms with Gasteiger partial charge in [0.2, 0.25) is 0 Å². The molecule has 1 atom stereocenters. The summed E-state index contributed by atoms with van der Waals surface area (Å²) in [5, 5.41) is 0. The Kier molecular flexibility index (Phi) is 3.15. The van der Waals surface area contributed by atoms with Gasteiger partial charge in [-0.15, -0.1) is 0 Å². The van der Waals surface area contributed by atoms with Crippen LogP contribution in [0.5, 0.6) is 0 Å². The summed E-state index contributed by atoms with van der Waals surface area (Å²) in [6, 6.07) is 9.83. The molecule has 0 fully saturated rings. The number of nitrogens with zero attached hydrogens (tertiary/aromatic N) is 2. The Morgan fingerprint density at radius 2 is 2.06 bits per heavy atom. The van der Waals surface area contributed by atoms with Gasteiger partial charge in [0.1, 0.15) is 0 Å². The van der Waals surface area contributed by atoms with E-state index in [1.54, 1.807) is 6.20 Å². The average molecular weight is 213 g/mol. The number of anilines is 1. The maximum Gasteiger partial charge on any atom is 0.0501 e. The second kappa shape index (κ2) is 4.75. The maximum atomic E-state index is 5.59. The fourth-order valence-corrected chi connectivity index (χ4v) is 1.64. The van der Waals surface area contributed by atoms with E-state index in [1.807, 2.05) is 36.5 Å². The first-order valence-electron chi connectivity index (χ1n) is 5.37. The summed E-state index contributed by atoms with van der Waals surface area (Å²) in [6.45, 7) is 2.15. The summed E-state index contributed by atoms with van der Waals surface area (Å²) < 4.78 is 0. The van der Waals surface area contributed by atoms with E-state index in [0.717, 1.165) is 17.8 Å². The molecule has 0 saturated carbocycles. The average Bonchev–Trinajstić information content (AvgIpc) is 2.33. The molecule has 16 heavy (non-hydrogen) atoms. The van der Waals surface area contributed by atoms with Crippen molar-refractivity contribution in [1.82, 2.24) is 9.97 Å². The molecule has 0 spiro atoms. The molecule has 0 aliphatic rings. The molecule has 2 heterocycles. The van der Waals surface area contributed by atoms with Crippen LogP contribution >= 0.6 is 0 Å². The second-order valence-corrected chi connectivity index (χ2v) is 3.94. The lowest BCUT2D eigenvalue weighted by Crippen LogP contribution is -2.02. The van der Waals surface area contributed by atoms with Crippen LogP contribution in [0.2, 0.25) is 0 Å². The molecule has 3 nitrogen and oxygen atoms in total. The van der Waals surface area contributed by atoms with Crippen molar-refractivity contribution < 1.29 is 0 Å². The third-order valence-corrected chi connectivity index (χ3v) is 2.56. The minimum atomic E-state index is 0.373. The van der Waals surface area contributed by atoms with Crippen LogP contribution in [-0.4, -0.2) is 9.97 Å². The summed E-state index contributed by atoms with van der Waals surface area (Å²) in [4.78, 5) is 8.63. The molecule has 0 radical (unpaired) electrons. The van der Waals surface area contributed by atoms with Crippen molar-refractivity contribution in [2.24, 2.45) is 0 Å². The van der Waals surface area contributed by atoms with E-state index in [1.165, 1.54) is 0 Å². The van der Waals surface area contributed by atoms with E-state index in [0.29, 0.717) is 11.6 Å². The third-order valence-electron chi connectivity index (χ3n) is 2.56. The van der Waals surface area contributed by atoms with Crippen LogP contribution in [0.3, 0.4) is 0 Å². The third kappa shape index (κ3) is 2.57. The lowest BCUT2D eigenvalue weighted by atomic mass is 10.0. The quantitative estimate of drug-likeness (QED) is 0.851. The molecule has 0 saturated heterocycles. The number of nitrogens with two attached hydrogens (primary N) is 1. The fourth-order valence-electron chi connectivity index (χ4n) is 1.64. The van der Waals surface area contributed by atoms with E-state index in [9.17, 15) is 0 Å². The van der Waals surface area contributed by atoms with Crippen molar-refractivity contribution in [3.8, 4) is 0 Å². The van der Waals surface area contributed by atoms with Crippen LogP contribution in [0.25, 0.3) is 0 Å². The normalized spacial score (nSPS) is 12.3. The van der Waals surface area contributed by atoms with Crippen LogP contribution in [0.4, 0.5) is 5.69 Å². The first kappa shape index (κ1) is 10.6. The van der Waals surface area contributed by atoms with E-state index in [2.05, 4.69) is 16.9 Å². The first-order valence-corrected chi connectivity index (χ1v) is 5.37. The van der Waals surface area contributed by atoms with Crippen molar-refractivity contribution >= 4 is 5.69 Å². The van der Waals surface area contributed by atoms with Crippen LogP contribution in [0.15, 0.2) is 42.7 Å². The largest absolute Gasteiger partial charge is 0.397 e. The Morgan fingerprint density at radius 1 is 1.19 bits per heavy atom. The smallest absolute Gasteiger partial charge is 0.0501 e. The van der Waals surface area contributed by atoms with Gasteiger partial charge in [-0.05, 0) is 30.7 Å².